The molecular formula is C20H21Cl2NO3. The van der Waals surface area contributed by atoms with Crippen molar-refractivity contribution in [3.05, 3.63) is 45.1 Å². The summed E-state index contributed by atoms with van der Waals surface area (Å²) in [5.74, 6) is -1.53. The van der Waals surface area contributed by atoms with Gasteiger partial charge in [0.1, 0.15) is 5.92 Å². The highest BCUT2D eigenvalue weighted by Crippen LogP contribution is 2.46. The van der Waals surface area contributed by atoms with Gasteiger partial charge >= 0.3 is 5.97 Å². The number of hydrogen-bond donors (Lipinski definition) is 0. The molecule has 0 fully saturated rings. The Morgan fingerprint density at radius 2 is 2.08 bits per heavy atom. The highest BCUT2D eigenvalue weighted by Gasteiger charge is 2.44. The minimum atomic E-state index is -0.668. The molecule has 0 saturated carbocycles. The number of aliphatic imine (C=N–C) groups is 1. The van der Waals surface area contributed by atoms with Crippen LogP contribution in [0.15, 0.2) is 34.5 Å². The molecule has 1 aliphatic heterocycles. The number of carbonyl (C=O) groups is 2. The lowest BCUT2D eigenvalue weighted by atomic mass is 9.71. The Labute approximate surface area is 163 Å². The monoisotopic (exact) mass is 393 g/mol. The molecule has 26 heavy (non-hydrogen) atoms. The number of ether oxygens (including phenoxy) is 1. The first-order valence-electron chi connectivity index (χ1n) is 8.87. The molecule has 1 heterocycles. The molecular weight excluding hydrogens is 373 g/mol. The maximum atomic E-state index is 12.8. The highest BCUT2D eigenvalue weighted by molar-refractivity contribution is 6.42. The lowest BCUT2D eigenvalue weighted by Gasteiger charge is -2.34. The topological polar surface area (TPSA) is 55.7 Å². The van der Waals surface area contributed by atoms with Crippen molar-refractivity contribution in [3.63, 3.8) is 0 Å². The van der Waals surface area contributed by atoms with E-state index in [1.54, 1.807) is 12.1 Å². The Hall–Kier alpha value is -1.65. The van der Waals surface area contributed by atoms with Gasteiger partial charge in [0.05, 0.1) is 16.7 Å². The molecule has 2 aliphatic rings. The smallest absolute Gasteiger partial charge is 0.315 e. The number of carbonyl (C=O) groups excluding carboxylic acids is 2. The molecule has 0 bridgehead atoms. The first-order valence-corrected chi connectivity index (χ1v) is 9.63. The van der Waals surface area contributed by atoms with Crippen LogP contribution in [0.1, 0.15) is 51.0 Å². The summed E-state index contributed by atoms with van der Waals surface area (Å²) in [7, 11) is 0. The van der Waals surface area contributed by atoms with E-state index in [2.05, 4.69) is 4.99 Å². The van der Waals surface area contributed by atoms with E-state index in [1.165, 1.54) is 0 Å². The van der Waals surface area contributed by atoms with Crippen LogP contribution in [0.5, 0.6) is 0 Å². The first kappa shape index (κ1) is 19.1. The first-order chi connectivity index (χ1) is 12.5. The number of allylic oxidation sites excluding steroid dienone is 2. The van der Waals surface area contributed by atoms with Crippen molar-refractivity contribution in [2.24, 2.45) is 10.9 Å². The summed E-state index contributed by atoms with van der Waals surface area (Å²) >= 11 is 12.7. The lowest BCUT2D eigenvalue weighted by Crippen LogP contribution is -2.37. The second-order valence-electron chi connectivity index (χ2n) is 6.66. The molecule has 0 saturated heterocycles. The van der Waals surface area contributed by atoms with Gasteiger partial charge in [-0.15, -0.1) is 0 Å². The standard InChI is InChI=1S/C20H21Cl2NO3/c1-3-10-26-20(25)16-11(2)23-14-8-5-9-15(24)18(14)17(16)12-6-4-7-13(21)19(12)22/h4,6-7,16-17H,3,5,8-10H2,1-2H3/t16?,17-/m1/s1. The number of nitrogens with zero attached hydrogens (tertiary/aromatic N) is 1. The number of Topliss-reactive ketones (excluding diaryl/α,β-unsaturated/α-hetero) is 1. The van der Waals surface area contributed by atoms with Crippen LogP contribution in [-0.4, -0.2) is 24.1 Å². The van der Waals surface area contributed by atoms with Crippen molar-refractivity contribution >= 4 is 40.7 Å². The number of rotatable bonds is 4. The molecule has 0 radical (unpaired) electrons. The van der Waals surface area contributed by atoms with Gasteiger partial charge in [0.15, 0.2) is 5.78 Å². The van der Waals surface area contributed by atoms with Crippen LogP contribution in [-0.2, 0) is 14.3 Å². The van der Waals surface area contributed by atoms with E-state index in [0.717, 1.165) is 25.0 Å². The molecule has 1 unspecified atom stereocenters. The average molecular weight is 394 g/mol. The molecule has 1 aromatic carbocycles. The van der Waals surface area contributed by atoms with E-state index >= 15 is 0 Å². The van der Waals surface area contributed by atoms with Crippen LogP contribution < -0.4 is 0 Å². The predicted molar refractivity (Wildman–Crippen MR) is 103 cm³/mol. The van der Waals surface area contributed by atoms with Crippen LogP contribution in [0.25, 0.3) is 0 Å². The molecule has 4 nitrogen and oxygen atoms in total. The highest BCUT2D eigenvalue weighted by atomic mass is 35.5. The van der Waals surface area contributed by atoms with Gasteiger partial charge in [-0.3, -0.25) is 14.6 Å². The van der Waals surface area contributed by atoms with Gasteiger partial charge in [-0.25, -0.2) is 0 Å². The Morgan fingerprint density at radius 1 is 1.31 bits per heavy atom. The Balaban J connectivity index is 2.16. The quantitative estimate of drug-likeness (QED) is 0.666. The van der Waals surface area contributed by atoms with Crippen molar-refractivity contribution in [1.82, 2.24) is 0 Å². The van der Waals surface area contributed by atoms with Crippen molar-refractivity contribution in [3.8, 4) is 0 Å². The predicted octanol–water partition coefficient (Wildman–Crippen LogP) is 5.13. The molecule has 1 aliphatic carbocycles. The minimum absolute atomic E-state index is 0.0248. The zero-order chi connectivity index (χ0) is 18.8. The van der Waals surface area contributed by atoms with Crippen LogP contribution in [0.2, 0.25) is 10.0 Å². The van der Waals surface area contributed by atoms with Crippen LogP contribution >= 0.6 is 23.2 Å². The summed E-state index contributed by atoms with van der Waals surface area (Å²) in [6.45, 7) is 4.08. The number of esters is 1. The van der Waals surface area contributed by atoms with E-state index < -0.39 is 11.8 Å². The van der Waals surface area contributed by atoms with Crippen LogP contribution in [0.3, 0.4) is 0 Å². The van der Waals surface area contributed by atoms with Gasteiger partial charge in [-0.2, -0.15) is 0 Å². The van der Waals surface area contributed by atoms with Gasteiger partial charge in [0.2, 0.25) is 0 Å². The van der Waals surface area contributed by atoms with Crippen molar-refractivity contribution in [2.45, 2.75) is 45.4 Å². The Morgan fingerprint density at radius 3 is 2.81 bits per heavy atom. The number of hydrogen-bond acceptors (Lipinski definition) is 4. The van der Waals surface area contributed by atoms with E-state index in [9.17, 15) is 9.59 Å². The summed E-state index contributed by atoms with van der Waals surface area (Å²) in [4.78, 5) is 30.1. The number of benzene rings is 1. The van der Waals surface area contributed by atoms with Gasteiger partial charge in [0.25, 0.3) is 0 Å². The normalized spacial score (nSPS) is 22.8. The number of halogens is 2. The fourth-order valence-electron chi connectivity index (χ4n) is 3.70. The Bertz CT molecular complexity index is 813. The second kappa shape index (κ2) is 7.93. The fraction of sp³-hybridized carbons (Fsp3) is 0.450. The third-order valence-corrected chi connectivity index (χ3v) is 5.69. The summed E-state index contributed by atoms with van der Waals surface area (Å²) in [5.41, 5.74) is 2.68. The SMILES string of the molecule is CCCOC(=O)C1C(C)=NC2=C(C(=O)CCC2)[C@@H]1c1cccc(Cl)c1Cl. The molecule has 1 aromatic rings. The zero-order valence-electron chi connectivity index (χ0n) is 14.9. The van der Waals surface area contributed by atoms with Gasteiger partial charge in [0, 0.05) is 29.3 Å². The van der Waals surface area contributed by atoms with E-state index in [-0.39, 0.29) is 11.8 Å². The molecule has 6 heteroatoms. The van der Waals surface area contributed by atoms with E-state index in [4.69, 9.17) is 27.9 Å². The molecule has 2 atom stereocenters. The molecule has 3 rings (SSSR count). The van der Waals surface area contributed by atoms with Crippen LogP contribution in [0, 0.1) is 5.92 Å². The summed E-state index contributed by atoms with van der Waals surface area (Å²) in [5, 5.41) is 0.766. The minimum Gasteiger partial charge on any atom is -0.465 e. The van der Waals surface area contributed by atoms with E-state index in [0.29, 0.717) is 39.9 Å². The maximum Gasteiger partial charge on any atom is 0.315 e. The second-order valence-corrected chi connectivity index (χ2v) is 7.44. The lowest BCUT2D eigenvalue weighted by molar-refractivity contribution is -0.146. The molecule has 0 N–H and O–H groups in total. The Kier molecular flexibility index (Phi) is 5.83. The van der Waals surface area contributed by atoms with Gasteiger partial charge in [-0.1, -0.05) is 42.3 Å². The van der Waals surface area contributed by atoms with Gasteiger partial charge < -0.3 is 4.74 Å². The third kappa shape index (κ3) is 3.45. The summed E-state index contributed by atoms with van der Waals surface area (Å²) in [6.07, 6.45) is 2.68. The van der Waals surface area contributed by atoms with Crippen LogP contribution in [0.4, 0.5) is 0 Å². The average Bonchev–Trinajstić information content (AvgIpc) is 2.61. The third-order valence-electron chi connectivity index (χ3n) is 4.85. The molecule has 0 amide bonds. The van der Waals surface area contributed by atoms with E-state index in [1.807, 2.05) is 19.9 Å². The largest absolute Gasteiger partial charge is 0.465 e. The van der Waals surface area contributed by atoms with Crippen molar-refractivity contribution in [1.29, 1.82) is 0 Å². The molecule has 0 spiro atoms. The zero-order valence-corrected chi connectivity index (χ0v) is 16.4. The fourth-order valence-corrected chi connectivity index (χ4v) is 4.13. The summed E-state index contributed by atoms with van der Waals surface area (Å²) < 4.78 is 5.41. The van der Waals surface area contributed by atoms with Gasteiger partial charge in [-0.05, 0) is 37.8 Å². The van der Waals surface area contributed by atoms with Crippen molar-refractivity contribution < 1.29 is 14.3 Å². The molecule has 138 valence electrons. The maximum absolute atomic E-state index is 12.8. The van der Waals surface area contributed by atoms with Crippen molar-refractivity contribution in [2.75, 3.05) is 6.61 Å². The molecule has 0 aromatic heterocycles. The number of ketones is 1. The summed E-state index contributed by atoms with van der Waals surface area (Å²) in [6, 6.07) is 5.30.